The number of benzene rings is 1. The molecule has 0 aliphatic rings. The average molecular weight is 273 g/mol. The summed E-state index contributed by atoms with van der Waals surface area (Å²) in [7, 11) is 0. The zero-order valence-corrected chi connectivity index (χ0v) is 8.81. The van der Waals surface area contributed by atoms with Crippen molar-refractivity contribution in [3.63, 3.8) is 0 Å². The van der Waals surface area contributed by atoms with Crippen LogP contribution in [0.15, 0.2) is 18.2 Å². The van der Waals surface area contributed by atoms with Crippen LogP contribution < -0.4 is 5.73 Å². The predicted molar refractivity (Wildman–Crippen MR) is 50.4 cm³/mol. The first-order valence-corrected chi connectivity index (χ1v) is 4.70. The summed E-state index contributed by atoms with van der Waals surface area (Å²) in [6, 6.07) is -1.15. The lowest BCUT2D eigenvalue weighted by Gasteiger charge is -2.22. The molecule has 0 saturated heterocycles. The highest BCUT2D eigenvalue weighted by atomic mass is 19.4. The first kappa shape index (κ1) is 14.8. The van der Waals surface area contributed by atoms with Crippen LogP contribution >= 0.6 is 0 Å². The summed E-state index contributed by atoms with van der Waals surface area (Å²) in [5.41, 5.74) is 2.92. The Labute approximate surface area is 98.0 Å². The van der Waals surface area contributed by atoms with Gasteiger partial charge in [-0.05, 0) is 12.1 Å². The molecule has 0 bridgehead atoms. The minimum atomic E-state index is -4.77. The fraction of sp³-hybridized carbons (Fsp3) is 0.400. The van der Waals surface area contributed by atoms with Crippen molar-refractivity contribution < 1.29 is 31.4 Å². The predicted octanol–water partition coefficient (Wildman–Crippen LogP) is 2.47. The Balaban J connectivity index is 3.14. The van der Waals surface area contributed by atoms with E-state index in [1.807, 2.05) is 0 Å². The molecule has 0 amide bonds. The molecule has 0 unspecified atom stereocenters. The minimum Gasteiger partial charge on any atom is -0.390 e. The highest BCUT2D eigenvalue weighted by Gasteiger charge is 2.39. The van der Waals surface area contributed by atoms with Gasteiger partial charge in [0.15, 0.2) is 0 Å². The molecule has 0 aliphatic heterocycles. The standard InChI is InChI=1S/C10H9F6NO/c11-7-3-5(10(14,15)16)1-2-6(7)8(17)9(12,13)4-18/h1-3,8,18H,4,17H2/t8-/m1/s1. The number of aliphatic hydroxyl groups excluding tert-OH is 1. The highest BCUT2D eigenvalue weighted by molar-refractivity contribution is 5.29. The van der Waals surface area contributed by atoms with E-state index in [1.54, 1.807) is 0 Å². The second-order valence-corrected chi connectivity index (χ2v) is 3.63. The summed E-state index contributed by atoms with van der Waals surface area (Å²) in [5, 5.41) is 8.37. The quantitative estimate of drug-likeness (QED) is 0.831. The molecule has 1 rings (SSSR count). The molecule has 0 heterocycles. The smallest absolute Gasteiger partial charge is 0.390 e. The molecule has 0 aromatic heterocycles. The molecule has 0 aliphatic carbocycles. The van der Waals surface area contributed by atoms with Gasteiger partial charge >= 0.3 is 6.18 Å². The van der Waals surface area contributed by atoms with Crippen molar-refractivity contribution >= 4 is 0 Å². The first-order valence-electron chi connectivity index (χ1n) is 4.70. The van der Waals surface area contributed by atoms with E-state index in [0.29, 0.717) is 12.1 Å². The normalized spacial score (nSPS) is 14.7. The molecule has 8 heteroatoms. The molecule has 1 aromatic rings. The van der Waals surface area contributed by atoms with Crippen LogP contribution in [0.25, 0.3) is 0 Å². The third-order valence-corrected chi connectivity index (χ3v) is 2.33. The van der Waals surface area contributed by atoms with Gasteiger partial charge in [0.1, 0.15) is 12.4 Å². The Kier molecular flexibility index (Phi) is 3.92. The molecule has 2 nitrogen and oxygen atoms in total. The molecule has 3 N–H and O–H groups in total. The van der Waals surface area contributed by atoms with Gasteiger partial charge in [0.25, 0.3) is 5.92 Å². The minimum absolute atomic E-state index is 0.0860. The van der Waals surface area contributed by atoms with Gasteiger partial charge in [-0.1, -0.05) is 6.07 Å². The van der Waals surface area contributed by atoms with E-state index in [0.717, 1.165) is 0 Å². The number of halogens is 6. The van der Waals surface area contributed by atoms with Crippen molar-refractivity contribution in [2.75, 3.05) is 6.61 Å². The van der Waals surface area contributed by atoms with E-state index in [9.17, 15) is 26.3 Å². The Morgan fingerprint density at radius 1 is 1.17 bits per heavy atom. The molecular formula is C10H9F6NO. The molecule has 1 atom stereocenters. The van der Waals surface area contributed by atoms with Crippen molar-refractivity contribution in [1.82, 2.24) is 0 Å². The van der Waals surface area contributed by atoms with Crippen LogP contribution in [0.4, 0.5) is 26.3 Å². The summed E-state index contributed by atoms with van der Waals surface area (Å²) < 4.78 is 75.9. The number of rotatable bonds is 3. The Morgan fingerprint density at radius 3 is 2.11 bits per heavy atom. The third kappa shape index (κ3) is 2.94. The Morgan fingerprint density at radius 2 is 1.72 bits per heavy atom. The molecule has 0 spiro atoms. The van der Waals surface area contributed by atoms with Crippen LogP contribution in [0.3, 0.4) is 0 Å². The first-order chi connectivity index (χ1) is 8.09. The van der Waals surface area contributed by atoms with Gasteiger partial charge in [0, 0.05) is 5.56 Å². The second-order valence-electron chi connectivity index (χ2n) is 3.63. The Hall–Kier alpha value is -1.28. The maximum Gasteiger partial charge on any atom is 0.416 e. The maximum absolute atomic E-state index is 13.3. The van der Waals surface area contributed by atoms with E-state index < -0.39 is 41.7 Å². The van der Waals surface area contributed by atoms with Gasteiger partial charge in [-0.25, -0.2) is 13.2 Å². The van der Waals surface area contributed by atoms with Crippen LogP contribution in [0.2, 0.25) is 0 Å². The van der Waals surface area contributed by atoms with E-state index in [4.69, 9.17) is 10.8 Å². The molecule has 18 heavy (non-hydrogen) atoms. The number of alkyl halides is 5. The molecular weight excluding hydrogens is 264 g/mol. The van der Waals surface area contributed by atoms with Crippen LogP contribution in [0, 0.1) is 5.82 Å². The Bertz CT molecular complexity index is 431. The van der Waals surface area contributed by atoms with E-state index in [-0.39, 0.29) is 6.07 Å². The summed E-state index contributed by atoms with van der Waals surface area (Å²) in [5.74, 6) is -5.31. The number of aliphatic hydroxyl groups is 1. The molecule has 1 aromatic carbocycles. The van der Waals surface area contributed by atoms with Gasteiger partial charge < -0.3 is 10.8 Å². The van der Waals surface area contributed by atoms with E-state index >= 15 is 0 Å². The highest BCUT2D eigenvalue weighted by Crippen LogP contribution is 2.34. The lowest BCUT2D eigenvalue weighted by atomic mass is 9.99. The van der Waals surface area contributed by atoms with Crippen molar-refractivity contribution in [2.24, 2.45) is 5.73 Å². The van der Waals surface area contributed by atoms with Crippen LogP contribution in [-0.4, -0.2) is 17.6 Å². The molecule has 0 radical (unpaired) electrons. The lowest BCUT2D eigenvalue weighted by Crippen LogP contribution is -2.36. The molecule has 0 fully saturated rings. The monoisotopic (exact) mass is 273 g/mol. The number of hydrogen-bond acceptors (Lipinski definition) is 2. The molecule has 0 saturated carbocycles. The largest absolute Gasteiger partial charge is 0.416 e. The lowest BCUT2D eigenvalue weighted by molar-refractivity contribution is -0.137. The maximum atomic E-state index is 13.3. The van der Waals surface area contributed by atoms with Crippen LogP contribution in [0.1, 0.15) is 17.2 Å². The van der Waals surface area contributed by atoms with Crippen LogP contribution in [0.5, 0.6) is 0 Å². The van der Waals surface area contributed by atoms with Crippen molar-refractivity contribution in [2.45, 2.75) is 18.1 Å². The van der Waals surface area contributed by atoms with E-state index in [1.165, 1.54) is 0 Å². The third-order valence-electron chi connectivity index (χ3n) is 2.33. The zero-order chi connectivity index (χ0) is 14.1. The number of nitrogens with two attached hydrogens (primary N) is 1. The van der Waals surface area contributed by atoms with Crippen LogP contribution in [-0.2, 0) is 6.18 Å². The summed E-state index contributed by atoms with van der Waals surface area (Å²) in [4.78, 5) is 0. The van der Waals surface area contributed by atoms with Gasteiger partial charge in [0.05, 0.1) is 11.6 Å². The number of hydrogen-bond donors (Lipinski definition) is 2. The van der Waals surface area contributed by atoms with Gasteiger partial charge in [0.2, 0.25) is 0 Å². The van der Waals surface area contributed by atoms with Crippen molar-refractivity contribution in [3.05, 3.63) is 35.1 Å². The summed E-state index contributed by atoms with van der Waals surface area (Å²) in [6.45, 7) is -1.63. The van der Waals surface area contributed by atoms with Crippen molar-refractivity contribution in [1.29, 1.82) is 0 Å². The van der Waals surface area contributed by atoms with Gasteiger partial charge in [-0.15, -0.1) is 0 Å². The average Bonchev–Trinajstić information content (AvgIpc) is 2.26. The van der Waals surface area contributed by atoms with Gasteiger partial charge in [-0.3, -0.25) is 0 Å². The SMILES string of the molecule is N[C@H](c1ccc(C(F)(F)F)cc1F)C(F)(F)CO. The summed E-state index contributed by atoms with van der Waals surface area (Å²) in [6.07, 6.45) is -4.77. The molecule has 102 valence electrons. The fourth-order valence-corrected chi connectivity index (χ4v) is 1.28. The topological polar surface area (TPSA) is 46.2 Å². The second kappa shape index (κ2) is 4.77. The van der Waals surface area contributed by atoms with Crippen molar-refractivity contribution in [3.8, 4) is 0 Å². The zero-order valence-electron chi connectivity index (χ0n) is 8.81. The van der Waals surface area contributed by atoms with Gasteiger partial charge in [-0.2, -0.15) is 13.2 Å². The van der Waals surface area contributed by atoms with E-state index in [2.05, 4.69) is 0 Å². The summed E-state index contributed by atoms with van der Waals surface area (Å²) >= 11 is 0. The fourth-order valence-electron chi connectivity index (χ4n) is 1.28.